The third kappa shape index (κ3) is 9.62. The van der Waals surface area contributed by atoms with Gasteiger partial charge in [-0.1, -0.05) is 212 Å². The molecule has 0 aliphatic rings. The molecule has 8 heterocycles. The minimum atomic E-state index is 0.525. The number of pyridine rings is 2. The summed E-state index contributed by atoms with van der Waals surface area (Å²) in [6.07, 6.45) is 7.56. The topological polar surface area (TPSA) is 79.2 Å². The van der Waals surface area contributed by atoms with Gasteiger partial charge in [-0.25, -0.2) is 0 Å². The van der Waals surface area contributed by atoms with Crippen LogP contribution in [0.25, 0.3) is 221 Å². The highest BCUT2D eigenvalue weighted by molar-refractivity contribution is 6.23. The van der Waals surface area contributed by atoms with Gasteiger partial charge in [0.2, 0.25) is 0 Å². The van der Waals surface area contributed by atoms with E-state index in [9.17, 15) is 5.26 Å². The lowest BCUT2D eigenvalue weighted by atomic mass is 9.76. The van der Waals surface area contributed by atoms with Crippen LogP contribution in [0.15, 0.2) is 395 Å². The monoisotopic (exact) mass is 1480 g/mol. The molecule has 538 valence electrons. The number of fused-ring (bicyclic) bond motifs is 18. The Morgan fingerprint density at radius 2 is 0.397 bits per heavy atom. The summed E-state index contributed by atoms with van der Waals surface area (Å²) in [7, 11) is 0. The first-order valence-corrected chi connectivity index (χ1v) is 39.4. The molecule has 0 spiro atoms. The minimum absolute atomic E-state index is 0.525. The Hall–Kier alpha value is -15.9. The lowest BCUT2D eigenvalue weighted by Gasteiger charge is -2.26. The fraction of sp³-hybridized carbons (Fsp3) is 0. The van der Waals surface area contributed by atoms with Crippen LogP contribution in [0.5, 0.6) is 0 Å². The number of hydrogen-bond acceptors (Lipinski definition) is 3. The smallest absolute Gasteiger partial charge is 0.100 e. The van der Waals surface area contributed by atoms with Crippen LogP contribution in [0.2, 0.25) is 0 Å². The lowest BCUT2D eigenvalue weighted by molar-refractivity contribution is 1.17. The van der Waals surface area contributed by atoms with Gasteiger partial charge in [0.1, 0.15) is 6.07 Å². The molecule has 0 aliphatic carbocycles. The molecule has 24 rings (SSSR count). The molecule has 0 saturated carbocycles. The van der Waals surface area contributed by atoms with E-state index in [1.165, 1.54) is 43.1 Å². The van der Waals surface area contributed by atoms with Crippen LogP contribution < -0.4 is 0 Å². The van der Waals surface area contributed by atoms with Gasteiger partial charge >= 0.3 is 0 Å². The summed E-state index contributed by atoms with van der Waals surface area (Å²) < 4.78 is 14.4. The highest BCUT2D eigenvalue weighted by Crippen LogP contribution is 2.54. The second-order valence-corrected chi connectivity index (χ2v) is 30.3. The number of benzene rings is 16. The predicted octanol–water partition coefficient (Wildman–Crippen LogP) is 27.3. The van der Waals surface area contributed by atoms with Crippen LogP contribution in [0.1, 0.15) is 5.56 Å². The summed E-state index contributed by atoms with van der Waals surface area (Å²) in [5, 5.41) is 26.7. The average Bonchev–Trinajstić information content (AvgIpc) is 1.40. The van der Waals surface area contributed by atoms with Crippen LogP contribution >= 0.6 is 0 Å². The third-order valence-corrected chi connectivity index (χ3v) is 24.2. The van der Waals surface area contributed by atoms with E-state index in [1.807, 2.05) is 36.9 Å². The third-order valence-electron chi connectivity index (χ3n) is 24.2. The maximum atomic E-state index is 12.7. The van der Waals surface area contributed by atoms with Crippen molar-refractivity contribution in [2.24, 2.45) is 0 Å². The fourth-order valence-electron chi connectivity index (χ4n) is 19.3. The molecule has 9 heteroatoms. The molecule has 0 fully saturated rings. The van der Waals surface area contributed by atoms with Gasteiger partial charge < -0.3 is 27.4 Å². The van der Waals surface area contributed by atoms with Gasteiger partial charge in [0.25, 0.3) is 0 Å². The minimum Gasteiger partial charge on any atom is -0.309 e. The SMILES string of the molecule is N#Cc1c(-c2ccc(-n3c4ccccc4c4cc5c(cc43)c3ccccc3n5-c3ccccc3)cc2)c(-c2cccnc2)c(-c2ccc(-n3c4ccccc4c4cc5c(cc43)c3ccccc3n5-c3ccccc3)cc2)c(-c2cccnc2)c1-c1ccc(-n2c3ccccc3c3cc4c(cc32)c2ccccc2n4-c2ccccc2)cc1. The fourth-order valence-corrected chi connectivity index (χ4v) is 19.3. The first kappa shape index (κ1) is 64.9. The van der Waals surface area contributed by atoms with Gasteiger partial charge in [-0.15, -0.1) is 0 Å². The highest BCUT2D eigenvalue weighted by Gasteiger charge is 2.31. The van der Waals surface area contributed by atoms with E-state index in [4.69, 9.17) is 9.97 Å². The van der Waals surface area contributed by atoms with Gasteiger partial charge in [0.05, 0.1) is 71.8 Å². The van der Waals surface area contributed by atoms with Crippen LogP contribution in [0.4, 0.5) is 0 Å². The Labute approximate surface area is 665 Å². The number of rotatable bonds is 11. The summed E-state index contributed by atoms with van der Waals surface area (Å²) in [6, 6.07) is 137. The second kappa shape index (κ2) is 25.6. The first-order chi connectivity index (χ1) is 57.6. The predicted molar refractivity (Wildman–Crippen MR) is 480 cm³/mol. The van der Waals surface area contributed by atoms with Crippen molar-refractivity contribution < 1.29 is 0 Å². The Kier molecular flexibility index (Phi) is 14.3. The second-order valence-electron chi connectivity index (χ2n) is 30.3. The van der Waals surface area contributed by atoms with E-state index in [0.29, 0.717) is 5.56 Å². The number of nitrogens with zero attached hydrogens (tertiary/aromatic N) is 9. The molecular weight excluding hydrogens is 1410 g/mol. The zero-order chi connectivity index (χ0) is 76.2. The zero-order valence-corrected chi connectivity index (χ0v) is 62.6. The molecule has 16 aromatic carbocycles. The van der Waals surface area contributed by atoms with E-state index < -0.39 is 0 Å². The highest BCUT2D eigenvalue weighted by atomic mass is 15.0. The lowest BCUT2D eigenvalue weighted by Crippen LogP contribution is -2.03. The number of hydrogen-bond donors (Lipinski definition) is 0. The van der Waals surface area contributed by atoms with Crippen molar-refractivity contribution >= 4 is 131 Å². The largest absolute Gasteiger partial charge is 0.309 e. The van der Waals surface area contributed by atoms with E-state index in [-0.39, 0.29) is 0 Å². The van der Waals surface area contributed by atoms with Crippen molar-refractivity contribution in [1.82, 2.24) is 37.4 Å². The van der Waals surface area contributed by atoms with Crippen LogP contribution in [0, 0.1) is 11.3 Å². The summed E-state index contributed by atoms with van der Waals surface area (Å²) in [5.74, 6) is 0. The van der Waals surface area contributed by atoms with Gasteiger partial charge in [-0.2, -0.15) is 5.26 Å². The van der Waals surface area contributed by atoms with Crippen LogP contribution in [-0.2, 0) is 0 Å². The molecule has 0 amide bonds. The summed E-state index contributed by atoms with van der Waals surface area (Å²) in [6.45, 7) is 0. The molecule has 0 N–H and O–H groups in total. The standard InChI is InChI=1S/C107H65N9/c108-64-90-103(67-44-50-75(51-45-67)114-94-41-19-13-35-81(94)87-58-97-84(61-100(87)114)78-32-10-16-38-91(78)111(97)72-26-4-1-5-27-72)106(70-24-22-56-109-65-70)105(69-48-54-77(55-49-69)116-96-43-21-15-37-83(96)89-60-99-86(63-102(89)116)80-34-12-18-40-93(80)113(99)74-30-8-3-9-31-74)107(71-25-23-57-110-66-71)104(90)68-46-52-76(53-47-68)115-95-42-20-14-36-82(95)88-59-98-85(62-101(88)115)79-33-11-17-39-92(79)112(98)73-28-6-2-7-29-73/h1-63,65-66H. The Balaban J connectivity index is 0.745. The van der Waals surface area contributed by atoms with Crippen molar-refractivity contribution in [3.63, 3.8) is 0 Å². The molecule has 116 heavy (non-hydrogen) atoms. The molecule has 8 aromatic heterocycles. The average molecular weight is 1480 g/mol. The maximum absolute atomic E-state index is 12.7. The Morgan fingerprint density at radius 3 is 0.629 bits per heavy atom. The van der Waals surface area contributed by atoms with Crippen LogP contribution in [0.3, 0.4) is 0 Å². The zero-order valence-electron chi connectivity index (χ0n) is 62.6. The quantitative estimate of drug-likeness (QED) is 0.129. The van der Waals surface area contributed by atoms with Gasteiger partial charge in [-0.3, -0.25) is 9.97 Å². The van der Waals surface area contributed by atoms with Crippen molar-refractivity contribution in [2.45, 2.75) is 0 Å². The summed E-state index contributed by atoms with van der Waals surface area (Å²) >= 11 is 0. The molecule has 9 nitrogen and oxygen atoms in total. The van der Waals surface area contributed by atoms with Crippen molar-refractivity contribution in [1.29, 1.82) is 5.26 Å². The van der Waals surface area contributed by atoms with Crippen molar-refractivity contribution in [2.75, 3.05) is 0 Å². The van der Waals surface area contributed by atoms with Gasteiger partial charge in [0, 0.05) is 157 Å². The van der Waals surface area contributed by atoms with E-state index >= 15 is 0 Å². The summed E-state index contributed by atoms with van der Waals surface area (Å²) in [4.78, 5) is 9.83. The molecule has 0 unspecified atom stereocenters. The Bertz CT molecular complexity index is 7860. The normalized spacial score (nSPS) is 12.0. The summed E-state index contributed by atoms with van der Waals surface area (Å²) in [5.41, 5.74) is 29.1. The van der Waals surface area contributed by atoms with Crippen molar-refractivity contribution in [3.8, 4) is 95.8 Å². The number of nitriles is 1. The maximum Gasteiger partial charge on any atom is 0.100 e. The molecular formula is C107H65N9. The van der Waals surface area contributed by atoms with Crippen LogP contribution in [-0.4, -0.2) is 37.4 Å². The van der Waals surface area contributed by atoms with Crippen molar-refractivity contribution in [3.05, 3.63) is 400 Å². The molecule has 0 atom stereocenters. The van der Waals surface area contributed by atoms with Gasteiger partial charge in [-0.05, 0) is 180 Å². The van der Waals surface area contributed by atoms with E-state index in [1.54, 1.807) is 0 Å². The first-order valence-electron chi connectivity index (χ1n) is 39.4. The molecule has 0 saturated heterocycles. The molecule has 0 aliphatic heterocycles. The van der Waals surface area contributed by atoms with E-state index in [2.05, 4.69) is 391 Å². The molecule has 0 bridgehead atoms. The van der Waals surface area contributed by atoms with E-state index in [0.717, 1.165) is 178 Å². The molecule has 0 radical (unpaired) electrons. The number of para-hydroxylation sites is 9. The Morgan fingerprint density at radius 1 is 0.181 bits per heavy atom. The molecule has 24 aromatic rings. The van der Waals surface area contributed by atoms with Gasteiger partial charge in [0.15, 0.2) is 0 Å². The number of aromatic nitrogens is 8.